The summed E-state index contributed by atoms with van der Waals surface area (Å²) in [6.07, 6.45) is 13.8. The molecular weight excluding hydrogens is 306 g/mol. The lowest BCUT2D eigenvalue weighted by molar-refractivity contribution is 0.0937. The van der Waals surface area contributed by atoms with Crippen LogP contribution < -0.4 is 5.32 Å². The molecule has 2 saturated heterocycles. The summed E-state index contributed by atoms with van der Waals surface area (Å²) in [5.41, 5.74) is 2.25. The normalized spacial score (nSPS) is 28.8. The molecule has 0 radical (unpaired) electrons. The number of likely N-dealkylation sites (N-methyl/N-ethyl adjacent to an activating group) is 1. The maximum atomic E-state index is 4.45. The quantitative estimate of drug-likeness (QED) is 0.770. The van der Waals surface area contributed by atoms with Crippen LogP contribution in [0.15, 0.2) is 37.0 Å². The lowest BCUT2D eigenvalue weighted by Gasteiger charge is -2.51. The van der Waals surface area contributed by atoms with Gasteiger partial charge in [0, 0.05) is 38.0 Å². The van der Waals surface area contributed by atoms with E-state index in [4.69, 9.17) is 0 Å². The average molecular weight is 344 g/mol. The fourth-order valence-electron chi connectivity index (χ4n) is 5.07. The SMILES string of the molecule is C=C(NC)C1CC(=C)N1C(=C)N1CCCC(C2CCCCCCC2)C1. The number of nitrogens with one attached hydrogen (secondary N) is 1. The Bertz CT molecular complexity index is 501. The van der Waals surface area contributed by atoms with Crippen molar-refractivity contribution in [3.63, 3.8) is 0 Å². The minimum atomic E-state index is 0.326. The van der Waals surface area contributed by atoms with E-state index in [9.17, 15) is 0 Å². The van der Waals surface area contributed by atoms with Crippen LogP contribution in [-0.2, 0) is 0 Å². The third-order valence-electron chi connectivity index (χ3n) is 6.72. The predicted molar refractivity (Wildman–Crippen MR) is 107 cm³/mol. The fourth-order valence-corrected chi connectivity index (χ4v) is 5.07. The number of hydrogen-bond donors (Lipinski definition) is 1. The van der Waals surface area contributed by atoms with Gasteiger partial charge in [0.05, 0.1) is 6.04 Å². The van der Waals surface area contributed by atoms with Crippen molar-refractivity contribution >= 4 is 0 Å². The van der Waals surface area contributed by atoms with E-state index in [2.05, 4.69) is 34.9 Å². The highest BCUT2D eigenvalue weighted by Gasteiger charge is 2.38. The Morgan fingerprint density at radius 1 is 0.960 bits per heavy atom. The maximum absolute atomic E-state index is 4.45. The predicted octanol–water partition coefficient (Wildman–Crippen LogP) is 4.85. The van der Waals surface area contributed by atoms with E-state index in [-0.39, 0.29) is 0 Å². The highest BCUT2D eigenvalue weighted by molar-refractivity contribution is 5.27. The second-order valence-electron chi connectivity index (χ2n) is 8.30. The van der Waals surface area contributed by atoms with Gasteiger partial charge in [-0.05, 0) is 24.7 Å². The van der Waals surface area contributed by atoms with Gasteiger partial charge in [0.2, 0.25) is 0 Å². The summed E-state index contributed by atoms with van der Waals surface area (Å²) >= 11 is 0. The first-order chi connectivity index (χ1) is 12.1. The minimum absolute atomic E-state index is 0.326. The van der Waals surface area contributed by atoms with Crippen LogP contribution in [0.5, 0.6) is 0 Å². The number of nitrogens with zero attached hydrogens (tertiary/aromatic N) is 2. The Kier molecular flexibility index (Phi) is 6.14. The van der Waals surface area contributed by atoms with Crippen LogP contribution in [0.1, 0.15) is 64.2 Å². The van der Waals surface area contributed by atoms with Crippen molar-refractivity contribution in [2.45, 2.75) is 70.3 Å². The molecule has 0 spiro atoms. The van der Waals surface area contributed by atoms with Gasteiger partial charge in [-0.3, -0.25) is 0 Å². The molecule has 0 bridgehead atoms. The van der Waals surface area contributed by atoms with Crippen LogP contribution in [-0.4, -0.2) is 36.0 Å². The number of piperidine rings is 1. The van der Waals surface area contributed by atoms with Gasteiger partial charge in [0.15, 0.2) is 0 Å². The summed E-state index contributed by atoms with van der Waals surface area (Å²) in [7, 11) is 1.95. The van der Waals surface area contributed by atoms with Crippen molar-refractivity contribution in [3.8, 4) is 0 Å². The molecule has 3 heteroatoms. The van der Waals surface area contributed by atoms with Gasteiger partial charge in [0.25, 0.3) is 0 Å². The monoisotopic (exact) mass is 343 g/mol. The third-order valence-corrected chi connectivity index (χ3v) is 6.72. The van der Waals surface area contributed by atoms with Crippen LogP contribution in [0.2, 0.25) is 0 Å². The van der Waals surface area contributed by atoms with Crippen LogP contribution in [0.25, 0.3) is 0 Å². The Morgan fingerprint density at radius 3 is 2.24 bits per heavy atom. The molecule has 0 aromatic rings. The van der Waals surface area contributed by atoms with Gasteiger partial charge in [0.1, 0.15) is 5.82 Å². The molecule has 2 unspecified atom stereocenters. The second-order valence-corrected chi connectivity index (χ2v) is 8.30. The Hall–Kier alpha value is -1.38. The van der Waals surface area contributed by atoms with Gasteiger partial charge in [-0.25, -0.2) is 0 Å². The van der Waals surface area contributed by atoms with Crippen molar-refractivity contribution in [2.24, 2.45) is 11.8 Å². The summed E-state index contributed by atoms with van der Waals surface area (Å²) < 4.78 is 0. The molecule has 25 heavy (non-hydrogen) atoms. The zero-order chi connectivity index (χ0) is 17.8. The van der Waals surface area contributed by atoms with Crippen LogP contribution in [0.3, 0.4) is 0 Å². The van der Waals surface area contributed by atoms with E-state index in [0.717, 1.165) is 36.3 Å². The zero-order valence-electron chi connectivity index (χ0n) is 16.2. The van der Waals surface area contributed by atoms with Crippen molar-refractivity contribution in [1.29, 1.82) is 0 Å². The minimum Gasteiger partial charge on any atom is -0.390 e. The van der Waals surface area contributed by atoms with Crippen molar-refractivity contribution in [3.05, 3.63) is 37.0 Å². The average Bonchev–Trinajstić information content (AvgIpc) is 2.58. The molecule has 3 nitrogen and oxygen atoms in total. The highest BCUT2D eigenvalue weighted by atomic mass is 15.4. The fraction of sp³-hybridized carbons (Fsp3) is 0.727. The van der Waals surface area contributed by atoms with Gasteiger partial charge in [-0.1, -0.05) is 64.7 Å². The Balaban J connectivity index is 1.61. The lowest BCUT2D eigenvalue weighted by atomic mass is 9.78. The topological polar surface area (TPSA) is 18.5 Å². The first kappa shape index (κ1) is 18.4. The highest BCUT2D eigenvalue weighted by Crippen LogP contribution is 2.39. The summed E-state index contributed by atoms with van der Waals surface area (Å²) in [6.45, 7) is 15.2. The molecule has 1 aliphatic carbocycles. The molecule has 3 aliphatic rings. The summed E-state index contributed by atoms with van der Waals surface area (Å²) in [5.74, 6) is 2.93. The molecule has 140 valence electrons. The van der Waals surface area contributed by atoms with E-state index in [0.29, 0.717) is 6.04 Å². The largest absolute Gasteiger partial charge is 0.390 e. The van der Waals surface area contributed by atoms with Crippen molar-refractivity contribution in [1.82, 2.24) is 15.1 Å². The molecule has 0 aromatic carbocycles. The first-order valence-corrected chi connectivity index (χ1v) is 10.4. The third kappa shape index (κ3) is 4.07. The molecule has 1 N–H and O–H groups in total. The zero-order valence-corrected chi connectivity index (χ0v) is 16.2. The van der Waals surface area contributed by atoms with Gasteiger partial charge >= 0.3 is 0 Å². The molecule has 2 heterocycles. The van der Waals surface area contributed by atoms with Crippen LogP contribution in [0, 0.1) is 11.8 Å². The maximum Gasteiger partial charge on any atom is 0.101 e. The van der Waals surface area contributed by atoms with Gasteiger partial charge in [-0.2, -0.15) is 0 Å². The van der Waals surface area contributed by atoms with Crippen LogP contribution in [0.4, 0.5) is 0 Å². The number of likely N-dealkylation sites (tertiary alicyclic amines) is 2. The standard InChI is InChI=1S/C22H37N3/c1-17-15-22(18(2)23-4)25(17)19(3)24-14-10-13-21(16-24)20-11-8-6-5-7-9-12-20/h20-23H,1-3,5-16H2,4H3. The molecular formula is C22H37N3. The first-order valence-electron chi connectivity index (χ1n) is 10.4. The van der Waals surface area contributed by atoms with Gasteiger partial charge in [-0.15, -0.1) is 0 Å². The van der Waals surface area contributed by atoms with E-state index in [1.807, 2.05) is 7.05 Å². The number of rotatable bonds is 5. The van der Waals surface area contributed by atoms with E-state index in [1.54, 1.807) is 0 Å². The summed E-state index contributed by atoms with van der Waals surface area (Å²) in [4.78, 5) is 4.84. The summed E-state index contributed by atoms with van der Waals surface area (Å²) in [5, 5.41) is 3.21. The van der Waals surface area contributed by atoms with E-state index in [1.165, 1.54) is 70.0 Å². The second kappa shape index (κ2) is 8.33. The Morgan fingerprint density at radius 2 is 1.60 bits per heavy atom. The molecule has 2 atom stereocenters. The molecule has 3 rings (SSSR count). The molecule has 0 amide bonds. The lowest BCUT2D eigenvalue weighted by Crippen LogP contribution is -2.52. The van der Waals surface area contributed by atoms with E-state index >= 15 is 0 Å². The van der Waals surface area contributed by atoms with Gasteiger partial charge < -0.3 is 15.1 Å². The van der Waals surface area contributed by atoms with E-state index < -0.39 is 0 Å². The smallest absolute Gasteiger partial charge is 0.101 e. The van der Waals surface area contributed by atoms with Crippen molar-refractivity contribution < 1.29 is 0 Å². The molecule has 0 aromatic heterocycles. The summed E-state index contributed by atoms with van der Waals surface area (Å²) in [6, 6.07) is 0.326. The molecule has 1 saturated carbocycles. The van der Waals surface area contributed by atoms with Crippen LogP contribution >= 0.6 is 0 Å². The Labute approximate surface area is 154 Å². The molecule has 3 fully saturated rings. The molecule has 2 aliphatic heterocycles. The van der Waals surface area contributed by atoms with Crippen molar-refractivity contribution in [2.75, 3.05) is 20.1 Å². The number of hydrogen-bond acceptors (Lipinski definition) is 3.